The van der Waals surface area contributed by atoms with Crippen molar-refractivity contribution in [3.05, 3.63) is 22.4 Å². The zero-order valence-corrected chi connectivity index (χ0v) is 8.88. The normalized spacial score (nSPS) is 26.9. The Hall–Kier alpha value is -0.870. The topological polar surface area (TPSA) is 40.5 Å². The van der Waals surface area contributed by atoms with Crippen LogP contribution >= 0.6 is 11.3 Å². The van der Waals surface area contributed by atoms with Gasteiger partial charge in [-0.3, -0.25) is 4.79 Å². The molecule has 1 aliphatic heterocycles. The Morgan fingerprint density at radius 2 is 2.50 bits per heavy atom. The van der Waals surface area contributed by atoms with Gasteiger partial charge in [0.2, 0.25) is 0 Å². The van der Waals surface area contributed by atoms with Crippen molar-refractivity contribution in [2.45, 2.75) is 18.9 Å². The molecule has 4 heteroatoms. The van der Waals surface area contributed by atoms with Crippen molar-refractivity contribution in [2.75, 3.05) is 13.1 Å². The van der Waals surface area contributed by atoms with Crippen molar-refractivity contribution in [3.63, 3.8) is 0 Å². The molecule has 1 N–H and O–H groups in total. The third-order valence-corrected chi connectivity index (χ3v) is 3.19. The number of carbonyl (C=O) groups excluding carboxylic acids is 1. The van der Waals surface area contributed by atoms with Crippen LogP contribution in [0, 0.1) is 0 Å². The van der Waals surface area contributed by atoms with Gasteiger partial charge in [0, 0.05) is 18.5 Å². The second-order valence-corrected chi connectivity index (χ2v) is 4.77. The summed E-state index contributed by atoms with van der Waals surface area (Å²) in [7, 11) is 0. The summed E-state index contributed by atoms with van der Waals surface area (Å²) in [5.41, 5.74) is 0.0267. The van der Waals surface area contributed by atoms with E-state index in [2.05, 4.69) is 0 Å². The van der Waals surface area contributed by atoms with Crippen LogP contribution in [0.15, 0.2) is 16.8 Å². The van der Waals surface area contributed by atoms with E-state index in [0.717, 1.165) is 5.56 Å². The Bertz CT molecular complexity index is 332. The fraction of sp³-hybridized carbons (Fsp3) is 0.500. The van der Waals surface area contributed by atoms with Crippen LogP contribution in [0.3, 0.4) is 0 Å². The Morgan fingerprint density at radius 3 is 3.00 bits per heavy atom. The van der Waals surface area contributed by atoms with E-state index in [9.17, 15) is 9.90 Å². The Morgan fingerprint density at radius 1 is 1.71 bits per heavy atom. The van der Waals surface area contributed by atoms with E-state index in [4.69, 9.17) is 0 Å². The summed E-state index contributed by atoms with van der Waals surface area (Å²) in [6.45, 7) is 2.87. The minimum absolute atomic E-state index is 0.0315. The summed E-state index contributed by atoms with van der Waals surface area (Å²) in [4.78, 5) is 13.5. The lowest BCUT2D eigenvalue weighted by molar-refractivity contribution is 0.0572. The van der Waals surface area contributed by atoms with Crippen LogP contribution in [0.25, 0.3) is 0 Å². The molecular weight excluding hydrogens is 198 g/mol. The molecule has 0 saturated carbocycles. The molecule has 1 atom stereocenters. The van der Waals surface area contributed by atoms with E-state index in [0.29, 0.717) is 19.5 Å². The molecular formula is C10H13NO2S. The minimum Gasteiger partial charge on any atom is -0.388 e. The van der Waals surface area contributed by atoms with Gasteiger partial charge in [0.25, 0.3) is 5.91 Å². The van der Waals surface area contributed by atoms with Crippen molar-refractivity contribution in [1.82, 2.24) is 4.90 Å². The maximum absolute atomic E-state index is 11.8. The maximum Gasteiger partial charge on any atom is 0.254 e. The number of β-amino-alcohol motifs (C(OH)–C–C–N with tert-alkyl or cyclic N) is 1. The number of hydrogen-bond acceptors (Lipinski definition) is 3. The van der Waals surface area contributed by atoms with Crippen LogP contribution in [-0.4, -0.2) is 34.6 Å². The highest BCUT2D eigenvalue weighted by molar-refractivity contribution is 7.08. The van der Waals surface area contributed by atoms with E-state index in [1.165, 1.54) is 11.3 Å². The maximum atomic E-state index is 11.8. The highest BCUT2D eigenvalue weighted by Crippen LogP contribution is 2.22. The summed E-state index contributed by atoms with van der Waals surface area (Å²) in [5.74, 6) is 0.0315. The Labute approximate surface area is 87.0 Å². The summed E-state index contributed by atoms with van der Waals surface area (Å²) < 4.78 is 0. The number of likely N-dealkylation sites (tertiary alicyclic amines) is 1. The Balaban J connectivity index is 2.08. The molecule has 0 aliphatic carbocycles. The Kier molecular flexibility index (Phi) is 2.33. The van der Waals surface area contributed by atoms with Gasteiger partial charge >= 0.3 is 0 Å². The van der Waals surface area contributed by atoms with Gasteiger partial charge in [-0.1, -0.05) is 0 Å². The fourth-order valence-corrected chi connectivity index (χ4v) is 2.32. The number of thiophene rings is 1. The number of rotatable bonds is 1. The van der Waals surface area contributed by atoms with E-state index >= 15 is 0 Å². The van der Waals surface area contributed by atoms with Crippen molar-refractivity contribution in [1.29, 1.82) is 0 Å². The molecule has 1 aliphatic rings. The molecule has 1 fully saturated rings. The van der Waals surface area contributed by atoms with Crippen molar-refractivity contribution in [3.8, 4) is 0 Å². The number of carbonyl (C=O) groups is 1. The van der Waals surface area contributed by atoms with Gasteiger partial charge < -0.3 is 10.0 Å². The van der Waals surface area contributed by atoms with E-state index < -0.39 is 5.60 Å². The van der Waals surface area contributed by atoms with Gasteiger partial charge in [0.15, 0.2) is 0 Å². The lowest BCUT2D eigenvalue weighted by Crippen LogP contribution is -2.33. The number of aliphatic hydroxyl groups is 1. The molecule has 1 aromatic rings. The lowest BCUT2D eigenvalue weighted by Gasteiger charge is -2.18. The quantitative estimate of drug-likeness (QED) is 0.761. The monoisotopic (exact) mass is 211 g/mol. The first-order chi connectivity index (χ1) is 6.58. The van der Waals surface area contributed by atoms with E-state index in [-0.39, 0.29) is 5.91 Å². The average molecular weight is 211 g/mol. The fourth-order valence-electron chi connectivity index (χ4n) is 1.69. The minimum atomic E-state index is -0.703. The predicted molar refractivity (Wildman–Crippen MR) is 55.5 cm³/mol. The van der Waals surface area contributed by atoms with Crippen LogP contribution in [0.4, 0.5) is 0 Å². The van der Waals surface area contributed by atoms with Crippen LogP contribution in [0.2, 0.25) is 0 Å². The van der Waals surface area contributed by atoms with Crippen LogP contribution in [0.5, 0.6) is 0 Å². The highest BCUT2D eigenvalue weighted by Gasteiger charge is 2.34. The second kappa shape index (κ2) is 3.37. The summed E-state index contributed by atoms with van der Waals surface area (Å²) in [5, 5.41) is 13.5. The van der Waals surface area contributed by atoms with Crippen LogP contribution in [0.1, 0.15) is 23.7 Å². The van der Waals surface area contributed by atoms with Gasteiger partial charge in [0.05, 0.1) is 11.2 Å². The third-order valence-electron chi connectivity index (χ3n) is 2.51. The molecule has 14 heavy (non-hydrogen) atoms. The molecule has 0 aromatic carbocycles. The zero-order valence-electron chi connectivity index (χ0n) is 8.06. The molecule has 3 nitrogen and oxygen atoms in total. The molecule has 2 heterocycles. The van der Waals surface area contributed by atoms with Crippen LogP contribution in [-0.2, 0) is 0 Å². The van der Waals surface area contributed by atoms with E-state index in [1.54, 1.807) is 11.8 Å². The van der Waals surface area contributed by atoms with Crippen molar-refractivity contribution < 1.29 is 9.90 Å². The summed E-state index contributed by atoms with van der Waals surface area (Å²) >= 11 is 1.52. The average Bonchev–Trinajstić information content (AvgIpc) is 2.72. The van der Waals surface area contributed by atoms with Crippen molar-refractivity contribution >= 4 is 17.2 Å². The van der Waals surface area contributed by atoms with Gasteiger partial charge in [-0.25, -0.2) is 0 Å². The molecule has 1 amide bonds. The SMILES string of the molecule is CC1(O)CCN(C(=O)c2ccsc2)C1. The zero-order chi connectivity index (χ0) is 10.2. The standard InChI is InChI=1S/C10H13NO2S/c1-10(13)3-4-11(7-10)9(12)8-2-5-14-6-8/h2,5-6,13H,3-4,7H2,1H3. The molecule has 0 radical (unpaired) electrons. The smallest absolute Gasteiger partial charge is 0.254 e. The van der Waals surface area contributed by atoms with Crippen molar-refractivity contribution in [2.24, 2.45) is 0 Å². The molecule has 1 aromatic heterocycles. The summed E-state index contributed by atoms with van der Waals surface area (Å²) in [6.07, 6.45) is 0.670. The van der Waals surface area contributed by atoms with Gasteiger partial charge in [-0.05, 0) is 24.8 Å². The molecule has 2 rings (SSSR count). The number of hydrogen-bond donors (Lipinski definition) is 1. The third kappa shape index (κ3) is 1.81. The highest BCUT2D eigenvalue weighted by atomic mass is 32.1. The molecule has 0 bridgehead atoms. The molecule has 0 spiro atoms. The number of nitrogens with zero attached hydrogens (tertiary/aromatic N) is 1. The molecule has 1 unspecified atom stereocenters. The predicted octanol–water partition coefficient (Wildman–Crippen LogP) is 1.35. The van der Waals surface area contributed by atoms with Gasteiger partial charge in [-0.15, -0.1) is 0 Å². The largest absolute Gasteiger partial charge is 0.388 e. The number of amides is 1. The lowest BCUT2D eigenvalue weighted by atomic mass is 10.1. The first-order valence-corrected chi connectivity index (χ1v) is 5.57. The summed E-state index contributed by atoms with van der Waals surface area (Å²) in [6, 6.07) is 1.82. The van der Waals surface area contributed by atoms with Gasteiger partial charge in [0.1, 0.15) is 0 Å². The van der Waals surface area contributed by atoms with E-state index in [1.807, 2.05) is 16.8 Å². The molecule has 1 saturated heterocycles. The first kappa shape index (κ1) is 9.68. The first-order valence-electron chi connectivity index (χ1n) is 4.62. The van der Waals surface area contributed by atoms with Crippen LogP contribution < -0.4 is 0 Å². The second-order valence-electron chi connectivity index (χ2n) is 3.99. The van der Waals surface area contributed by atoms with Gasteiger partial charge in [-0.2, -0.15) is 11.3 Å². The molecule has 76 valence electrons.